The van der Waals surface area contributed by atoms with Crippen molar-refractivity contribution in [3.63, 3.8) is 0 Å². The summed E-state index contributed by atoms with van der Waals surface area (Å²) in [7, 11) is 0. The van der Waals surface area contributed by atoms with Gasteiger partial charge in [0.25, 0.3) is 5.91 Å². The van der Waals surface area contributed by atoms with Crippen molar-refractivity contribution in [2.24, 2.45) is 5.92 Å². The van der Waals surface area contributed by atoms with Gasteiger partial charge in [0.05, 0.1) is 0 Å². The van der Waals surface area contributed by atoms with E-state index in [-0.39, 0.29) is 23.6 Å². The maximum atomic E-state index is 12.8. The summed E-state index contributed by atoms with van der Waals surface area (Å²) in [5.41, 5.74) is 4.71. The third kappa shape index (κ3) is 3.63. The summed E-state index contributed by atoms with van der Waals surface area (Å²) >= 11 is 0. The Morgan fingerprint density at radius 2 is 1.82 bits per heavy atom. The van der Waals surface area contributed by atoms with E-state index in [1.165, 1.54) is 0 Å². The molecule has 1 heterocycles. The number of amides is 3. The second kappa shape index (κ2) is 7.11. The quantitative estimate of drug-likeness (QED) is 0.856. The number of carbonyl (C=O) groups is 3. The van der Waals surface area contributed by atoms with E-state index in [4.69, 9.17) is 0 Å². The van der Waals surface area contributed by atoms with Crippen LogP contribution in [0.1, 0.15) is 41.3 Å². The third-order valence-electron chi connectivity index (χ3n) is 5.32. The SMILES string of the molecule is CC(=O)N1CCc2cc(C(=O)Nc3cc(NC(=O)C4CC4)ccc3C)ccc21. The lowest BCUT2D eigenvalue weighted by molar-refractivity contribution is -0.117. The molecule has 1 aliphatic heterocycles. The lowest BCUT2D eigenvalue weighted by Crippen LogP contribution is -2.25. The van der Waals surface area contributed by atoms with Crippen molar-refractivity contribution in [1.29, 1.82) is 0 Å². The first-order valence-corrected chi connectivity index (χ1v) is 9.56. The molecular formula is C22H23N3O3. The maximum absolute atomic E-state index is 12.8. The number of carbonyl (C=O) groups excluding carboxylic acids is 3. The van der Waals surface area contributed by atoms with Crippen molar-refractivity contribution in [3.8, 4) is 0 Å². The molecule has 0 radical (unpaired) electrons. The Labute approximate surface area is 163 Å². The molecule has 0 saturated heterocycles. The van der Waals surface area contributed by atoms with E-state index in [1.54, 1.807) is 24.0 Å². The molecule has 6 heteroatoms. The van der Waals surface area contributed by atoms with Crippen molar-refractivity contribution in [2.75, 3.05) is 22.1 Å². The van der Waals surface area contributed by atoms with Crippen molar-refractivity contribution >= 4 is 34.8 Å². The third-order valence-corrected chi connectivity index (χ3v) is 5.32. The van der Waals surface area contributed by atoms with Gasteiger partial charge in [-0.15, -0.1) is 0 Å². The van der Waals surface area contributed by atoms with Gasteiger partial charge in [-0.05, 0) is 67.6 Å². The molecule has 2 aliphatic rings. The minimum atomic E-state index is -0.210. The van der Waals surface area contributed by atoms with Gasteiger partial charge < -0.3 is 15.5 Å². The fourth-order valence-electron chi connectivity index (χ4n) is 3.49. The minimum Gasteiger partial charge on any atom is -0.326 e. The van der Waals surface area contributed by atoms with E-state index in [0.717, 1.165) is 36.1 Å². The Morgan fingerprint density at radius 1 is 1.04 bits per heavy atom. The van der Waals surface area contributed by atoms with E-state index in [2.05, 4.69) is 10.6 Å². The van der Waals surface area contributed by atoms with Gasteiger partial charge in [-0.25, -0.2) is 0 Å². The van der Waals surface area contributed by atoms with E-state index in [0.29, 0.717) is 23.5 Å². The van der Waals surface area contributed by atoms with Crippen molar-refractivity contribution in [2.45, 2.75) is 33.1 Å². The maximum Gasteiger partial charge on any atom is 0.255 e. The van der Waals surface area contributed by atoms with Gasteiger partial charge in [-0.1, -0.05) is 6.07 Å². The highest BCUT2D eigenvalue weighted by molar-refractivity contribution is 6.06. The van der Waals surface area contributed by atoms with E-state index >= 15 is 0 Å². The van der Waals surface area contributed by atoms with Crippen LogP contribution in [-0.4, -0.2) is 24.3 Å². The second-order valence-corrected chi connectivity index (χ2v) is 7.51. The van der Waals surface area contributed by atoms with E-state index < -0.39 is 0 Å². The number of fused-ring (bicyclic) bond motifs is 1. The average Bonchev–Trinajstić information content (AvgIpc) is 3.43. The molecule has 4 rings (SSSR count). The predicted molar refractivity (Wildman–Crippen MR) is 109 cm³/mol. The molecule has 1 aliphatic carbocycles. The molecule has 0 aromatic heterocycles. The van der Waals surface area contributed by atoms with Crippen LogP contribution in [0.5, 0.6) is 0 Å². The summed E-state index contributed by atoms with van der Waals surface area (Å²) in [5, 5.41) is 5.85. The molecule has 2 aromatic carbocycles. The lowest BCUT2D eigenvalue weighted by Gasteiger charge is -2.15. The normalized spacial score (nSPS) is 15.1. The first-order valence-electron chi connectivity index (χ1n) is 9.56. The van der Waals surface area contributed by atoms with Gasteiger partial charge >= 0.3 is 0 Å². The molecule has 1 saturated carbocycles. The van der Waals surface area contributed by atoms with Gasteiger partial charge in [0.15, 0.2) is 0 Å². The molecule has 144 valence electrons. The van der Waals surface area contributed by atoms with Crippen LogP contribution in [-0.2, 0) is 16.0 Å². The predicted octanol–water partition coefficient (Wildman–Crippen LogP) is 3.50. The van der Waals surface area contributed by atoms with Crippen molar-refractivity contribution in [1.82, 2.24) is 0 Å². The zero-order chi connectivity index (χ0) is 19.8. The fraction of sp³-hybridized carbons (Fsp3) is 0.318. The van der Waals surface area contributed by atoms with Crippen LogP contribution >= 0.6 is 0 Å². The van der Waals surface area contributed by atoms with Gasteiger partial charge in [0.1, 0.15) is 0 Å². The second-order valence-electron chi connectivity index (χ2n) is 7.51. The Bertz CT molecular complexity index is 979. The molecule has 28 heavy (non-hydrogen) atoms. The van der Waals surface area contributed by atoms with Gasteiger partial charge in [0.2, 0.25) is 11.8 Å². The number of nitrogens with one attached hydrogen (secondary N) is 2. The number of hydrogen-bond donors (Lipinski definition) is 2. The molecule has 2 aromatic rings. The average molecular weight is 377 g/mol. The number of aryl methyl sites for hydroxylation is 1. The smallest absolute Gasteiger partial charge is 0.255 e. The molecular weight excluding hydrogens is 354 g/mol. The first kappa shape index (κ1) is 18.2. The zero-order valence-electron chi connectivity index (χ0n) is 16.0. The van der Waals surface area contributed by atoms with Crippen LogP contribution in [0.3, 0.4) is 0 Å². The van der Waals surface area contributed by atoms with Gasteiger partial charge in [-0.2, -0.15) is 0 Å². The molecule has 3 amide bonds. The van der Waals surface area contributed by atoms with Crippen LogP contribution in [0.2, 0.25) is 0 Å². The monoisotopic (exact) mass is 377 g/mol. The molecule has 0 unspecified atom stereocenters. The van der Waals surface area contributed by atoms with Crippen LogP contribution in [0.25, 0.3) is 0 Å². The number of rotatable bonds is 4. The van der Waals surface area contributed by atoms with Crippen LogP contribution in [0.4, 0.5) is 17.1 Å². The molecule has 2 N–H and O–H groups in total. The summed E-state index contributed by atoms with van der Waals surface area (Å²) in [4.78, 5) is 38.1. The Morgan fingerprint density at radius 3 is 2.54 bits per heavy atom. The largest absolute Gasteiger partial charge is 0.326 e. The highest BCUT2D eigenvalue weighted by atomic mass is 16.2. The summed E-state index contributed by atoms with van der Waals surface area (Å²) in [6.07, 6.45) is 2.64. The minimum absolute atomic E-state index is 0.0108. The summed E-state index contributed by atoms with van der Waals surface area (Å²) < 4.78 is 0. The molecule has 1 fully saturated rings. The number of hydrogen-bond acceptors (Lipinski definition) is 3. The standard InChI is InChI=1S/C22H23N3O3/c1-13-3-7-18(23-21(27)15-4-5-15)12-19(13)24-22(28)17-6-8-20-16(11-17)9-10-25(20)14(2)26/h3,6-8,11-12,15H,4-5,9-10H2,1-2H3,(H,23,27)(H,24,28). The lowest BCUT2D eigenvalue weighted by atomic mass is 10.1. The topological polar surface area (TPSA) is 78.5 Å². The van der Waals surface area contributed by atoms with Crippen molar-refractivity contribution < 1.29 is 14.4 Å². The Balaban J connectivity index is 1.50. The molecule has 0 bridgehead atoms. The first-order chi connectivity index (χ1) is 13.4. The Hall–Kier alpha value is -3.15. The highest BCUT2D eigenvalue weighted by Crippen LogP contribution is 2.31. The fourth-order valence-corrected chi connectivity index (χ4v) is 3.49. The molecule has 0 spiro atoms. The summed E-state index contributed by atoms with van der Waals surface area (Å²) in [5.74, 6) is -0.0374. The molecule has 0 atom stereocenters. The Kier molecular flexibility index (Phi) is 4.63. The van der Waals surface area contributed by atoms with Crippen LogP contribution in [0, 0.1) is 12.8 Å². The number of anilines is 3. The van der Waals surface area contributed by atoms with E-state index in [1.807, 2.05) is 31.2 Å². The highest BCUT2D eigenvalue weighted by Gasteiger charge is 2.29. The van der Waals surface area contributed by atoms with Gasteiger partial charge in [-0.3, -0.25) is 14.4 Å². The van der Waals surface area contributed by atoms with Crippen molar-refractivity contribution in [3.05, 3.63) is 53.1 Å². The number of nitrogens with zero attached hydrogens (tertiary/aromatic N) is 1. The zero-order valence-corrected chi connectivity index (χ0v) is 16.0. The van der Waals surface area contributed by atoms with E-state index in [9.17, 15) is 14.4 Å². The number of benzene rings is 2. The van der Waals surface area contributed by atoms with Crippen LogP contribution < -0.4 is 15.5 Å². The summed E-state index contributed by atoms with van der Waals surface area (Å²) in [6, 6.07) is 10.9. The van der Waals surface area contributed by atoms with Gasteiger partial charge in [0, 0.05) is 42.0 Å². The van der Waals surface area contributed by atoms with Crippen LogP contribution in [0.15, 0.2) is 36.4 Å². The summed E-state index contributed by atoms with van der Waals surface area (Å²) in [6.45, 7) is 4.11. The molecule has 6 nitrogen and oxygen atoms in total.